The molecule has 4 nitrogen and oxygen atoms in total. The van der Waals surface area contributed by atoms with Gasteiger partial charge in [0.1, 0.15) is 5.60 Å². The van der Waals surface area contributed by atoms with Crippen molar-refractivity contribution in [2.75, 3.05) is 39.5 Å². The minimum Gasteiger partial charge on any atom is -0.379 e. The van der Waals surface area contributed by atoms with Crippen LogP contribution in [-0.2, 0) is 15.1 Å². The summed E-state index contributed by atoms with van der Waals surface area (Å²) in [6, 6.07) is 16.3. The molecule has 23 heavy (non-hydrogen) atoms. The van der Waals surface area contributed by atoms with Crippen molar-refractivity contribution in [1.82, 2.24) is 9.88 Å². The predicted octanol–water partition coefficient (Wildman–Crippen LogP) is 2.69. The molecule has 0 spiro atoms. The Balaban J connectivity index is 1.73. The number of ether oxygens (including phenoxy) is 2. The number of morpholine rings is 1. The molecule has 1 aromatic heterocycles. The van der Waals surface area contributed by atoms with E-state index in [1.165, 1.54) is 0 Å². The molecule has 122 valence electrons. The summed E-state index contributed by atoms with van der Waals surface area (Å²) in [5.41, 5.74) is 1.53. The number of nitrogens with zero attached hydrogens (tertiary/aromatic N) is 2. The molecule has 1 saturated heterocycles. The Morgan fingerprint density at radius 2 is 1.83 bits per heavy atom. The number of pyridine rings is 1. The van der Waals surface area contributed by atoms with E-state index in [0.717, 1.165) is 44.1 Å². The molecule has 0 N–H and O–H groups in total. The number of benzene rings is 1. The van der Waals surface area contributed by atoms with E-state index in [2.05, 4.69) is 28.9 Å². The van der Waals surface area contributed by atoms with Crippen LogP contribution in [0, 0.1) is 0 Å². The molecule has 3 rings (SSSR count). The topological polar surface area (TPSA) is 34.6 Å². The molecule has 1 aliphatic heterocycles. The Morgan fingerprint density at radius 1 is 1.09 bits per heavy atom. The summed E-state index contributed by atoms with van der Waals surface area (Å²) < 4.78 is 11.8. The van der Waals surface area contributed by atoms with Gasteiger partial charge in [0, 0.05) is 25.8 Å². The molecule has 0 bridgehead atoms. The standard InChI is InChI=1S/C19H24N2O2/c1-19(17-7-3-2-4-8-17,18-9-5-6-10-20-18)23-16-13-21-11-14-22-15-12-21/h2-10H,11-16H2,1H3. The minimum atomic E-state index is -0.533. The monoisotopic (exact) mass is 312 g/mol. The Labute approximate surface area is 138 Å². The highest BCUT2D eigenvalue weighted by Crippen LogP contribution is 2.31. The van der Waals surface area contributed by atoms with E-state index in [1.807, 2.05) is 42.6 Å². The highest BCUT2D eigenvalue weighted by atomic mass is 16.5. The molecule has 1 atom stereocenters. The van der Waals surface area contributed by atoms with Gasteiger partial charge in [0.2, 0.25) is 0 Å². The highest BCUT2D eigenvalue weighted by molar-refractivity contribution is 5.31. The number of hydrogen-bond acceptors (Lipinski definition) is 4. The van der Waals surface area contributed by atoms with Gasteiger partial charge >= 0.3 is 0 Å². The zero-order chi connectivity index (χ0) is 16.0. The second-order valence-electron chi connectivity index (χ2n) is 5.92. The summed E-state index contributed by atoms with van der Waals surface area (Å²) in [5.74, 6) is 0. The van der Waals surface area contributed by atoms with Crippen molar-refractivity contribution < 1.29 is 9.47 Å². The largest absolute Gasteiger partial charge is 0.379 e. The second-order valence-corrected chi connectivity index (χ2v) is 5.92. The first kappa shape index (κ1) is 16.1. The first-order valence-corrected chi connectivity index (χ1v) is 8.20. The number of hydrogen-bond donors (Lipinski definition) is 0. The van der Waals surface area contributed by atoms with Crippen LogP contribution in [0.4, 0.5) is 0 Å². The summed E-state index contributed by atoms with van der Waals surface area (Å²) in [4.78, 5) is 6.92. The lowest BCUT2D eigenvalue weighted by Crippen LogP contribution is -2.40. The minimum absolute atomic E-state index is 0.533. The molecule has 0 aliphatic carbocycles. The third kappa shape index (κ3) is 3.96. The maximum absolute atomic E-state index is 6.36. The smallest absolute Gasteiger partial charge is 0.132 e. The molecular formula is C19H24N2O2. The molecule has 1 fully saturated rings. The average molecular weight is 312 g/mol. The summed E-state index contributed by atoms with van der Waals surface area (Å²) in [6.07, 6.45) is 1.82. The van der Waals surface area contributed by atoms with Gasteiger partial charge in [0.15, 0.2) is 0 Å². The lowest BCUT2D eigenvalue weighted by atomic mass is 9.91. The highest BCUT2D eigenvalue weighted by Gasteiger charge is 2.31. The normalized spacial score (nSPS) is 18.5. The lowest BCUT2D eigenvalue weighted by molar-refractivity contribution is -0.0316. The molecule has 1 unspecified atom stereocenters. The second kappa shape index (κ2) is 7.68. The third-order valence-corrected chi connectivity index (χ3v) is 4.38. The van der Waals surface area contributed by atoms with E-state index in [0.29, 0.717) is 6.61 Å². The van der Waals surface area contributed by atoms with Gasteiger partial charge in [-0.1, -0.05) is 36.4 Å². The fourth-order valence-corrected chi connectivity index (χ4v) is 2.91. The Bertz CT molecular complexity index is 543. The summed E-state index contributed by atoms with van der Waals surface area (Å²) in [5, 5.41) is 0. The molecule has 0 radical (unpaired) electrons. The van der Waals surface area contributed by atoms with Crippen molar-refractivity contribution in [1.29, 1.82) is 0 Å². The third-order valence-electron chi connectivity index (χ3n) is 4.38. The van der Waals surface area contributed by atoms with Gasteiger partial charge in [0.05, 0.1) is 25.5 Å². The van der Waals surface area contributed by atoms with Crippen LogP contribution >= 0.6 is 0 Å². The van der Waals surface area contributed by atoms with Crippen LogP contribution in [0.5, 0.6) is 0 Å². The van der Waals surface area contributed by atoms with Crippen LogP contribution in [0.3, 0.4) is 0 Å². The van der Waals surface area contributed by atoms with Gasteiger partial charge in [-0.15, -0.1) is 0 Å². The fourth-order valence-electron chi connectivity index (χ4n) is 2.91. The fraction of sp³-hybridized carbons (Fsp3) is 0.421. The number of rotatable bonds is 6. The Kier molecular flexibility index (Phi) is 5.39. The van der Waals surface area contributed by atoms with Crippen LogP contribution in [0.1, 0.15) is 18.2 Å². The van der Waals surface area contributed by atoms with E-state index >= 15 is 0 Å². The van der Waals surface area contributed by atoms with Crippen LogP contribution in [-0.4, -0.2) is 49.3 Å². The van der Waals surface area contributed by atoms with Crippen molar-refractivity contribution in [3.8, 4) is 0 Å². The zero-order valence-electron chi connectivity index (χ0n) is 13.6. The molecule has 0 amide bonds. The molecule has 2 heterocycles. The zero-order valence-corrected chi connectivity index (χ0v) is 13.6. The van der Waals surface area contributed by atoms with E-state index in [4.69, 9.17) is 9.47 Å². The predicted molar refractivity (Wildman–Crippen MR) is 90.3 cm³/mol. The van der Waals surface area contributed by atoms with Gasteiger partial charge < -0.3 is 9.47 Å². The Hall–Kier alpha value is -1.75. The van der Waals surface area contributed by atoms with Crippen molar-refractivity contribution in [3.05, 3.63) is 66.0 Å². The van der Waals surface area contributed by atoms with Crippen molar-refractivity contribution >= 4 is 0 Å². The first-order chi connectivity index (χ1) is 11.3. The molecule has 0 saturated carbocycles. The van der Waals surface area contributed by atoms with E-state index in [-0.39, 0.29) is 0 Å². The van der Waals surface area contributed by atoms with Gasteiger partial charge in [-0.3, -0.25) is 9.88 Å². The van der Waals surface area contributed by atoms with Crippen LogP contribution in [0.25, 0.3) is 0 Å². The van der Waals surface area contributed by atoms with Crippen molar-refractivity contribution in [2.24, 2.45) is 0 Å². The molecule has 1 aliphatic rings. The Morgan fingerprint density at radius 3 is 2.52 bits per heavy atom. The maximum atomic E-state index is 6.36. The average Bonchev–Trinajstić information content (AvgIpc) is 2.64. The van der Waals surface area contributed by atoms with Gasteiger partial charge in [0.25, 0.3) is 0 Å². The van der Waals surface area contributed by atoms with Crippen molar-refractivity contribution in [3.63, 3.8) is 0 Å². The van der Waals surface area contributed by atoms with Crippen LogP contribution < -0.4 is 0 Å². The molecular weight excluding hydrogens is 288 g/mol. The van der Waals surface area contributed by atoms with Crippen molar-refractivity contribution in [2.45, 2.75) is 12.5 Å². The van der Waals surface area contributed by atoms with E-state index in [1.54, 1.807) is 0 Å². The molecule has 2 aromatic rings. The lowest BCUT2D eigenvalue weighted by Gasteiger charge is -2.32. The van der Waals surface area contributed by atoms with E-state index in [9.17, 15) is 0 Å². The first-order valence-electron chi connectivity index (χ1n) is 8.20. The summed E-state index contributed by atoms with van der Waals surface area (Å²) in [7, 11) is 0. The molecule has 4 heteroatoms. The van der Waals surface area contributed by atoms with Gasteiger partial charge in [-0.05, 0) is 24.6 Å². The summed E-state index contributed by atoms with van der Waals surface area (Å²) in [6.45, 7) is 7.28. The van der Waals surface area contributed by atoms with Gasteiger partial charge in [-0.25, -0.2) is 0 Å². The van der Waals surface area contributed by atoms with E-state index < -0.39 is 5.60 Å². The quantitative estimate of drug-likeness (QED) is 0.821. The SMILES string of the molecule is CC(OCCN1CCOCC1)(c1ccccc1)c1ccccn1. The molecule has 1 aromatic carbocycles. The van der Waals surface area contributed by atoms with Crippen LogP contribution in [0.2, 0.25) is 0 Å². The summed E-state index contributed by atoms with van der Waals surface area (Å²) >= 11 is 0. The van der Waals surface area contributed by atoms with Gasteiger partial charge in [-0.2, -0.15) is 0 Å². The maximum Gasteiger partial charge on any atom is 0.132 e. The van der Waals surface area contributed by atoms with Crippen LogP contribution in [0.15, 0.2) is 54.7 Å². The number of aromatic nitrogens is 1.